The van der Waals surface area contributed by atoms with Crippen LogP contribution in [-0.4, -0.2) is 37.8 Å². The van der Waals surface area contributed by atoms with Crippen LogP contribution in [0.25, 0.3) is 0 Å². The van der Waals surface area contributed by atoms with Crippen molar-refractivity contribution in [1.29, 1.82) is 0 Å². The predicted molar refractivity (Wildman–Crippen MR) is 43.1 cm³/mol. The molecular formula is C7H13N3. The molecule has 1 aliphatic heterocycles. The van der Waals surface area contributed by atoms with Gasteiger partial charge in [0.25, 0.3) is 0 Å². The van der Waals surface area contributed by atoms with Crippen LogP contribution in [0.4, 0.5) is 0 Å². The lowest BCUT2D eigenvalue weighted by Crippen LogP contribution is -2.14. The van der Waals surface area contributed by atoms with Crippen molar-refractivity contribution in [2.45, 2.75) is 0 Å². The van der Waals surface area contributed by atoms with Crippen LogP contribution in [0.1, 0.15) is 0 Å². The van der Waals surface area contributed by atoms with Gasteiger partial charge in [-0.2, -0.15) is 5.10 Å². The van der Waals surface area contributed by atoms with Gasteiger partial charge in [0.15, 0.2) is 0 Å². The normalized spacial score (nSPS) is 24.2. The Labute approximate surface area is 61.4 Å². The zero-order valence-corrected chi connectivity index (χ0v) is 6.52. The van der Waals surface area contributed by atoms with Crippen LogP contribution in [0.3, 0.4) is 0 Å². The van der Waals surface area contributed by atoms with Crippen molar-refractivity contribution in [3.05, 3.63) is 12.2 Å². The molecule has 10 heavy (non-hydrogen) atoms. The van der Waals surface area contributed by atoms with Crippen molar-refractivity contribution in [2.24, 2.45) is 5.10 Å². The summed E-state index contributed by atoms with van der Waals surface area (Å²) in [4.78, 5) is 2.18. The lowest BCUT2D eigenvalue weighted by Gasteiger charge is -2.00. The third-order valence-electron chi connectivity index (χ3n) is 1.54. The van der Waals surface area contributed by atoms with E-state index in [1.54, 1.807) is 7.05 Å². The molecule has 0 unspecified atom stereocenters. The smallest absolute Gasteiger partial charge is 0.0782 e. The van der Waals surface area contributed by atoms with Crippen molar-refractivity contribution >= 4 is 5.71 Å². The van der Waals surface area contributed by atoms with Gasteiger partial charge in [-0.05, 0) is 12.6 Å². The van der Waals surface area contributed by atoms with Gasteiger partial charge in [0.2, 0.25) is 0 Å². The fraction of sp³-hybridized carbons (Fsp3) is 0.571. The third kappa shape index (κ3) is 1.36. The van der Waals surface area contributed by atoms with E-state index < -0.39 is 0 Å². The summed E-state index contributed by atoms with van der Waals surface area (Å²) in [5.74, 6) is 0. The van der Waals surface area contributed by atoms with Crippen LogP contribution in [0.15, 0.2) is 17.3 Å². The van der Waals surface area contributed by atoms with E-state index in [1.165, 1.54) is 0 Å². The molecule has 1 rings (SSSR count). The summed E-state index contributed by atoms with van der Waals surface area (Å²) in [5.41, 5.74) is 4.96. The van der Waals surface area contributed by atoms with E-state index >= 15 is 0 Å². The first-order valence-corrected chi connectivity index (χ1v) is 3.34. The maximum Gasteiger partial charge on any atom is 0.0782 e. The maximum atomic E-state index is 4.08. The number of nitrogens with zero attached hydrogens (tertiary/aromatic N) is 2. The second-order valence-electron chi connectivity index (χ2n) is 2.56. The molecule has 0 aliphatic carbocycles. The minimum absolute atomic E-state index is 0.916. The molecule has 0 aromatic carbocycles. The van der Waals surface area contributed by atoms with Crippen LogP contribution >= 0.6 is 0 Å². The van der Waals surface area contributed by atoms with Crippen LogP contribution in [0.2, 0.25) is 0 Å². The zero-order chi connectivity index (χ0) is 7.56. The highest BCUT2D eigenvalue weighted by atomic mass is 15.3. The van der Waals surface area contributed by atoms with E-state index in [9.17, 15) is 0 Å². The molecular weight excluding hydrogens is 126 g/mol. The van der Waals surface area contributed by atoms with Crippen LogP contribution in [0, 0.1) is 0 Å². The first-order chi connectivity index (χ1) is 4.74. The predicted octanol–water partition coefficient (Wildman–Crippen LogP) is 0.0634. The quantitative estimate of drug-likeness (QED) is 0.520. The van der Waals surface area contributed by atoms with E-state index in [-0.39, 0.29) is 0 Å². The first-order valence-electron chi connectivity index (χ1n) is 3.34. The Bertz CT molecular complexity index is 172. The Morgan fingerprint density at radius 1 is 1.60 bits per heavy atom. The summed E-state index contributed by atoms with van der Waals surface area (Å²) >= 11 is 0. The average molecular weight is 139 g/mol. The summed E-state index contributed by atoms with van der Waals surface area (Å²) in [6.07, 6.45) is 0. The maximum absolute atomic E-state index is 4.08. The summed E-state index contributed by atoms with van der Waals surface area (Å²) in [6, 6.07) is 0. The van der Waals surface area contributed by atoms with Crippen LogP contribution < -0.4 is 5.43 Å². The number of hydrogen-bond donors (Lipinski definition) is 1. The molecule has 1 N–H and O–H groups in total. The van der Waals surface area contributed by atoms with E-state index in [4.69, 9.17) is 0 Å². The first kappa shape index (κ1) is 7.28. The monoisotopic (exact) mass is 139 g/mol. The molecule has 0 aromatic rings. The molecule has 0 saturated carbocycles. The average Bonchev–Trinajstić information content (AvgIpc) is 2.13. The van der Waals surface area contributed by atoms with Crippen molar-refractivity contribution in [2.75, 3.05) is 27.2 Å². The number of likely N-dealkylation sites (N-methyl/N-ethyl adjacent to an activating group) is 1. The Kier molecular flexibility index (Phi) is 2.06. The number of likely N-dealkylation sites (tertiary alicyclic amines) is 1. The highest BCUT2D eigenvalue weighted by Gasteiger charge is 2.17. The minimum atomic E-state index is 0.916. The fourth-order valence-corrected chi connectivity index (χ4v) is 1.09. The SMILES string of the molecule is C=C1CN(C)C/C1=N/NC. The standard InChI is InChI=1S/C7H13N3/c1-6-4-10(3)5-7(6)9-8-2/h8H,1,4-5H2,2-3H3/b9-7-. The van der Waals surface area contributed by atoms with Crippen molar-refractivity contribution < 1.29 is 0 Å². The van der Waals surface area contributed by atoms with Gasteiger partial charge >= 0.3 is 0 Å². The van der Waals surface area contributed by atoms with Crippen molar-refractivity contribution in [3.8, 4) is 0 Å². The second-order valence-corrected chi connectivity index (χ2v) is 2.56. The molecule has 1 fully saturated rings. The van der Waals surface area contributed by atoms with Gasteiger partial charge < -0.3 is 5.43 Å². The largest absolute Gasteiger partial charge is 0.313 e. The fourth-order valence-electron chi connectivity index (χ4n) is 1.09. The molecule has 0 radical (unpaired) electrons. The molecule has 1 heterocycles. The molecule has 1 aliphatic rings. The zero-order valence-electron chi connectivity index (χ0n) is 6.52. The molecule has 0 aromatic heterocycles. The van der Waals surface area contributed by atoms with Crippen molar-refractivity contribution in [1.82, 2.24) is 10.3 Å². The summed E-state index contributed by atoms with van der Waals surface area (Å²) in [5, 5.41) is 4.08. The number of hydrazone groups is 1. The van der Waals surface area contributed by atoms with Crippen LogP contribution in [-0.2, 0) is 0 Å². The Hall–Kier alpha value is -0.830. The third-order valence-corrected chi connectivity index (χ3v) is 1.54. The van der Waals surface area contributed by atoms with Gasteiger partial charge in [-0.1, -0.05) is 6.58 Å². The number of nitrogens with one attached hydrogen (secondary N) is 1. The van der Waals surface area contributed by atoms with E-state index in [2.05, 4.69) is 29.1 Å². The summed E-state index contributed by atoms with van der Waals surface area (Å²) < 4.78 is 0. The molecule has 0 spiro atoms. The molecule has 3 heteroatoms. The van der Waals surface area contributed by atoms with Gasteiger partial charge in [0.1, 0.15) is 0 Å². The molecule has 3 nitrogen and oxygen atoms in total. The van der Waals surface area contributed by atoms with E-state index in [0.717, 1.165) is 24.4 Å². The van der Waals surface area contributed by atoms with Gasteiger partial charge in [-0.3, -0.25) is 4.90 Å². The molecule has 0 atom stereocenters. The highest BCUT2D eigenvalue weighted by molar-refractivity contribution is 6.03. The minimum Gasteiger partial charge on any atom is -0.313 e. The second kappa shape index (κ2) is 2.84. The van der Waals surface area contributed by atoms with E-state index in [0.29, 0.717) is 0 Å². The van der Waals surface area contributed by atoms with Crippen molar-refractivity contribution in [3.63, 3.8) is 0 Å². The Morgan fingerprint density at radius 3 is 2.70 bits per heavy atom. The lowest BCUT2D eigenvalue weighted by atomic mass is 10.2. The summed E-state index contributed by atoms with van der Waals surface area (Å²) in [7, 11) is 3.86. The summed E-state index contributed by atoms with van der Waals surface area (Å²) in [6.45, 7) is 5.75. The van der Waals surface area contributed by atoms with E-state index in [1.807, 2.05) is 0 Å². The topological polar surface area (TPSA) is 27.6 Å². The molecule has 0 bridgehead atoms. The molecule has 1 saturated heterocycles. The molecule has 56 valence electrons. The van der Waals surface area contributed by atoms with Gasteiger partial charge in [-0.25, -0.2) is 0 Å². The van der Waals surface area contributed by atoms with Gasteiger partial charge in [-0.15, -0.1) is 0 Å². The molecule has 0 amide bonds. The lowest BCUT2D eigenvalue weighted by molar-refractivity contribution is 0.445. The highest BCUT2D eigenvalue weighted by Crippen LogP contribution is 2.07. The van der Waals surface area contributed by atoms with Gasteiger partial charge in [0, 0.05) is 20.1 Å². The number of rotatable bonds is 1. The number of hydrogen-bond acceptors (Lipinski definition) is 3. The van der Waals surface area contributed by atoms with Gasteiger partial charge in [0.05, 0.1) is 5.71 Å². The van der Waals surface area contributed by atoms with Crippen LogP contribution in [0.5, 0.6) is 0 Å². The Balaban J connectivity index is 2.63. The Morgan fingerprint density at radius 2 is 2.30 bits per heavy atom.